The second kappa shape index (κ2) is 11.5. The minimum absolute atomic E-state index is 0.0268. The van der Waals surface area contributed by atoms with Gasteiger partial charge >= 0.3 is 0 Å². The largest absolute Gasteiger partial charge is 0.361 e. The van der Waals surface area contributed by atoms with Crippen LogP contribution in [0.3, 0.4) is 0 Å². The Hall–Kier alpha value is -2.48. The zero-order valence-electron chi connectivity index (χ0n) is 22.3. The lowest BCUT2D eigenvalue weighted by Crippen LogP contribution is -2.41. The standard InChI is InChI=1S/C29H41FN6S/c1-21-12-17-35(18-13-21)25-19-26(36-16-6-3-7-22(36)2)33-27(32-25)34-28(37)31-20-29(14-4-5-15-29)23-8-10-24(30)11-9-23/h8-11,19,21-22H,3-7,12-18,20H2,1-2H3,(H2,31,32,33,34,37)/t22-/m1/s1. The number of rotatable bonds is 6. The van der Waals surface area contributed by atoms with E-state index in [9.17, 15) is 4.39 Å². The van der Waals surface area contributed by atoms with Gasteiger partial charge in [0.25, 0.3) is 0 Å². The highest BCUT2D eigenvalue weighted by molar-refractivity contribution is 7.80. The zero-order valence-corrected chi connectivity index (χ0v) is 23.1. The van der Waals surface area contributed by atoms with Crippen LogP contribution >= 0.6 is 12.2 Å². The van der Waals surface area contributed by atoms with E-state index in [1.54, 1.807) is 12.1 Å². The maximum atomic E-state index is 13.6. The summed E-state index contributed by atoms with van der Waals surface area (Å²) in [5.41, 5.74) is 1.15. The molecule has 3 heterocycles. The lowest BCUT2D eigenvalue weighted by Gasteiger charge is -2.36. The third-order valence-electron chi connectivity index (χ3n) is 8.73. The lowest BCUT2D eigenvalue weighted by atomic mass is 9.79. The average molecular weight is 525 g/mol. The van der Waals surface area contributed by atoms with Crippen LogP contribution in [0.15, 0.2) is 30.3 Å². The first-order chi connectivity index (χ1) is 17.9. The molecule has 200 valence electrons. The SMILES string of the molecule is CC1CCN(c2cc(N3CCCC[C@H]3C)nc(NC(=S)NCC3(c4ccc(F)cc4)CCCC3)n2)CC1. The fourth-order valence-electron chi connectivity index (χ4n) is 6.28. The predicted octanol–water partition coefficient (Wildman–Crippen LogP) is 6.03. The highest BCUT2D eigenvalue weighted by Crippen LogP contribution is 2.40. The highest BCUT2D eigenvalue weighted by Gasteiger charge is 2.35. The van der Waals surface area contributed by atoms with Gasteiger partial charge in [-0.2, -0.15) is 9.97 Å². The van der Waals surface area contributed by atoms with Crippen molar-refractivity contribution in [3.05, 3.63) is 41.7 Å². The average Bonchev–Trinajstić information content (AvgIpc) is 3.39. The summed E-state index contributed by atoms with van der Waals surface area (Å²) in [5.74, 6) is 3.10. The summed E-state index contributed by atoms with van der Waals surface area (Å²) in [6.07, 6.45) is 10.5. The van der Waals surface area contributed by atoms with Gasteiger partial charge in [0.05, 0.1) is 0 Å². The van der Waals surface area contributed by atoms with E-state index >= 15 is 0 Å². The minimum atomic E-state index is -0.193. The number of halogens is 1. The van der Waals surface area contributed by atoms with E-state index in [2.05, 4.69) is 40.3 Å². The van der Waals surface area contributed by atoms with Crippen molar-refractivity contribution in [1.29, 1.82) is 0 Å². The smallest absolute Gasteiger partial charge is 0.232 e. The van der Waals surface area contributed by atoms with Gasteiger partial charge in [-0.1, -0.05) is 31.9 Å². The summed E-state index contributed by atoms with van der Waals surface area (Å²) in [4.78, 5) is 14.7. The number of piperidine rings is 2. The van der Waals surface area contributed by atoms with E-state index < -0.39 is 0 Å². The molecule has 0 bridgehead atoms. The number of hydrogen-bond donors (Lipinski definition) is 2. The molecule has 8 heteroatoms. The van der Waals surface area contributed by atoms with Crippen molar-refractivity contribution < 1.29 is 4.39 Å². The maximum Gasteiger partial charge on any atom is 0.232 e. The van der Waals surface area contributed by atoms with Crippen LogP contribution in [0, 0.1) is 11.7 Å². The summed E-state index contributed by atoms with van der Waals surface area (Å²) in [5, 5.41) is 7.31. The molecule has 1 aromatic carbocycles. The van der Waals surface area contributed by atoms with Gasteiger partial charge in [0.2, 0.25) is 5.95 Å². The molecule has 6 nitrogen and oxygen atoms in total. The summed E-state index contributed by atoms with van der Waals surface area (Å²) in [7, 11) is 0. The van der Waals surface area contributed by atoms with E-state index in [1.165, 1.54) is 50.5 Å². The van der Waals surface area contributed by atoms with Crippen molar-refractivity contribution in [3.63, 3.8) is 0 Å². The summed E-state index contributed by atoms with van der Waals surface area (Å²) < 4.78 is 13.6. The van der Waals surface area contributed by atoms with Gasteiger partial charge in [-0.15, -0.1) is 0 Å². The monoisotopic (exact) mass is 524 g/mol. The van der Waals surface area contributed by atoms with Crippen molar-refractivity contribution in [2.75, 3.05) is 41.3 Å². The molecule has 5 rings (SSSR count). The molecule has 2 N–H and O–H groups in total. The Kier molecular flexibility index (Phi) is 8.12. The summed E-state index contributed by atoms with van der Waals surface area (Å²) in [6, 6.07) is 9.62. The fourth-order valence-corrected chi connectivity index (χ4v) is 6.44. The molecule has 0 spiro atoms. The molecular weight excluding hydrogens is 483 g/mol. The summed E-state index contributed by atoms with van der Waals surface area (Å²) >= 11 is 5.74. The predicted molar refractivity (Wildman–Crippen MR) is 154 cm³/mol. The number of anilines is 3. The molecule has 1 saturated carbocycles. The number of benzene rings is 1. The number of hydrogen-bond acceptors (Lipinski definition) is 5. The molecule has 1 atom stereocenters. The lowest BCUT2D eigenvalue weighted by molar-refractivity contribution is 0.434. The molecule has 37 heavy (non-hydrogen) atoms. The first-order valence-corrected chi connectivity index (χ1v) is 14.5. The van der Waals surface area contributed by atoms with Crippen LogP contribution in [0.2, 0.25) is 0 Å². The second-order valence-electron chi connectivity index (χ2n) is 11.4. The number of thiocarbonyl (C=S) groups is 1. The molecule has 2 aromatic rings. The Balaban J connectivity index is 1.32. The van der Waals surface area contributed by atoms with Crippen molar-refractivity contribution in [2.45, 2.75) is 83.1 Å². The molecule has 3 aliphatic rings. The molecule has 1 aliphatic carbocycles. The van der Waals surface area contributed by atoms with Crippen LogP contribution in [0.5, 0.6) is 0 Å². The Morgan fingerprint density at radius 1 is 0.973 bits per heavy atom. The van der Waals surface area contributed by atoms with Crippen molar-refractivity contribution in [2.24, 2.45) is 5.92 Å². The third kappa shape index (κ3) is 6.16. The molecule has 1 aromatic heterocycles. The normalized spacial score (nSPS) is 22.2. The Morgan fingerprint density at radius 3 is 2.38 bits per heavy atom. The molecule has 0 unspecified atom stereocenters. The van der Waals surface area contributed by atoms with Crippen molar-refractivity contribution in [1.82, 2.24) is 15.3 Å². The van der Waals surface area contributed by atoms with Gasteiger partial charge in [0.1, 0.15) is 17.5 Å². The van der Waals surface area contributed by atoms with E-state index in [4.69, 9.17) is 22.2 Å². The first kappa shape index (κ1) is 26.1. The van der Waals surface area contributed by atoms with Gasteiger partial charge < -0.3 is 20.4 Å². The Bertz CT molecular complexity index is 1060. The van der Waals surface area contributed by atoms with Crippen LogP contribution in [0.25, 0.3) is 0 Å². The van der Waals surface area contributed by atoms with E-state index in [1.807, 2.05) is 12.1 Å². The van der Waals surface area contributed by atoms with Gasteiger partial charge in [0, 0.05) is 43.7 Å². The molecular formula is C29H41FN6S. The van der Waals surface area contributed by atoms with Crippen LogP contribution < -0.4 is 20.4 Å². The van der Waals surface area contributed by atoms with Crippen LogP contribution in [-0.4, -0.2) is 47.3 Å². The highest BCUT2D eigenvalue weighted by atomic mass is 32.1. The van der Waals surface area contributed by atoms with Crippen molar-refractivity contribution >= 4 is 34.9 Å². The zero-order chi connectivity index (χ0) is 25.8. The van der Waals surface area contributed by atoms with Crippen LogP contribution in [0.4, 0.5) is 22.0 Å². The minimum Gasteiger partial charge on any atom is -0.361 e. The molecule has 0 radical (unpaired) electrons. The molecule has 3 fully saturated rings. The van der Waals surface area contributed by atoms with Crippen LogP contribution in [0.1, 0.15) is 77.2 Å². The van der Waals surface area contributed by atoms with Gasteiger partial charge in [-0.25, -0.2) is 4.39 Å². The second-order valence-corrected chi connectivity index (χ2v) is 11.8. The molecule has 2 aliphatic heterocycles. The fraction of sp³-hybridized carbons (Fsp3) is 0.621. The van der Waals surface area contributed by atoms with Gasteiger partial charge in [-0.3, -0.25) is 0 Å². The van der Waals surface area contributed by atoms with Crippen LogP contribution in [-0.2, 0) is 5.41 Å². The maximum absolute atomic E-state index is 13.6. The van der Waals surface area contributed by atoms with Crippen molar-refractivity contribution in [3.8, 4) is 0 Å². The molecule has 2 saturated heterocycles. The number of aromatic nitrogens is 2. The van der Waals surface area contributed by atoms with Gasteiger partial charge in [-0.05, 0) is 87.7 Å². The topological polar surface area (TPSA) is 56.3 Å². The van der Waals surface area contributed by atoms with E-state index in [0.29, 0.717) is 23.6 Å². The molecule has 0 amide bonds. The van der Waals surface area contributed by atoms with E-state index in [-0.39, 0.29) is 11.2 Å². The number of nitrogens with zero attached hydrogens (tertiary/aromatic N) is 4. The Labute approximate surface area is 226 Å². The third-order valence-corrected chi connectivity index (χ3v) is 8.98. The van der Waals surface area contributed by atoms with Gasteiger partial charge in [0.15, 0.2) is 5.11 Å². The first-order valence-electron chi connectivity index (χ1n) is 14.1. The number of nitrogens with one attached hydrogen (secondary N) is 2. The Morgan fingerprint density at radius 2 is 1.68 bits per heavy atom. The quantitative estimate of drug-likeness (QED) is 0.448. The summed E-state index contributed by atoms with van der Waals surface area (Å²) in [6.45, 7) is 8.41. The van der Waals surface area contributed by atoms with E-state index in [0.717, 1.165) is 50.0 Å².